The van der Waals surface area contributed by atoms with Crippen LogP contribution in [0.25, 0.3) is 0 Å². The number of H-pyrrole nitrogens is 1. The molecule has 1 aromatic rings. The van der Waals surface area contributed by atoms with Crippen LogP contribution in [0.3, 0.4) is 0 Å². The third-order valence-electron chi connectivity index (χ3n) is 2.08. The van der Waals surface area contributed by atoms with Crippen molar-refractivity contribution >= 4 is 0 Å². The number of aromatic amines is 1. The molecule has 0 saturated carbocycles. The summed E-state index contributed by atoms with van der Waals surface area (Å²) in [6.07, 6.45) is 0.0188. The van der Waals surface area contributed by atoms with Crippen molar-refractivity contribution in [1.82, 2.24) is 15.5 Å². The third kappa shape index (κ3) is 1.88. The van der Waals surface area contributed by atoms with E-state index < -0.39 is 0 Å². The van der Waals surface area contributed by atoms with Crippen LogP contribution in [0.1, 0.15) is 17.5 Å². The van der Waals surface area contributed by atoms with E-state index in [0.29, 0.717) is 6.61 Å². The number of aromatic nitrogens is 2. The number of hydrogen-bond donors (Lipinski definition) is 3. The van der Waals surface area contributed by atoms with Gasteiger partial charge in [0, 0.05) is 13.1 Å². The van der Waals surface area contributed by atoms with E-state index in [-0.39, 0.29) is 12.7 Å². The Morgan fingerprint density at radius 3 is 3.23 bits per heavy atom. The molecule has 0 aliphatic carbocycles. The fraction of sp³-hybridized carbons (Fsp3) is 0.625. The quantitative estimate of drug-likeness (QED) is 0.581. The lowest BCUT2D eigenvalue weighted by Crippen LogP contribution is -2.33. The minimum atomic E-state index is -0.00680. The second-order valence-electron chi connectivity index (χ2n) is 3.04. The Balaban J connectivity index is 2.05. The number of morpholine rings is 1. The van der Waals surface area contributed by atoms with Crippen LogP contribution in [0.4, 0.5) is 0 Å². The molecule has 5 nitrogen and oxygen atoms in total. The predicted molar refractivity (Wildman–Crippen MR) is 46.1 cm³/mol. The summed E-state index contributed by atoms with van der Waals surface area (Å²) in [7, 11) is 0. The average Bonchev–Trinajstić information content (AvgIpc) is 2.67. The van der Waals surface area contributed by atoms with Gasteiger partial charge in [0.2, 0.25) is 0 Å². The van der Waals surface area contributed by atoms with Gasteiger partial charge in [0.25, 0.3) is 0 Å². The summed E-state index contributed by atoms with van der Waals surface area (Å²) in [6, 6.07) is 1.83. The highest BCUT2D eigenvalue weighted by Crippen LogP contribution is 2.16. The molecular weight excluding hydrogens is 170 g/mol. The fourth-order valence-corrected chi connectivity index (χ4v) is 1.38. The van der Waals surface area contributed by atoms with Gasteiger partial charge in [-0.2, -0.15) is 5.10 Å². The summed E-state index contributed by atoms with van der Waals surface area (Å²) < 4.78 is 5.50. The average molecular weight is 183 g/mol. The summed E-state index contributed by atoms with van der Waals surface area (Å²) in [6.45, 7) is 2.39. The number of nitrogens with one attached hydrogen (secondary N) is 2. The maximum atomic E-state index is 8.82. The van der Waals surface area contributed by atoms with Gasteiger partial charge in [-0.3, -0.25) is 5.10 Å². The molecule has 72 valence electrons. The van der Waals surface area contributed by atoms with Crippen molar-refractivity contribution in [2.24, 2.45) is 0 Å². The Morgan fingerprint density at radius 2 is 2.62 bits per heavy atom. The first-order valence-electron chi connectivity index (χ1n) is 4.37. The number of aliphatic hydroxyl groups is 1. The zero-order valence-electron chi connectivity index (χ0n) is 7.29. The first-order valence-corrected chi connectivity index (χ1v) is 4.37. The van der Waals surface area contributed by atoms with Gasteiger partial charge in [-0.1, -0.05) is 0 Å². The van der Waals surface area contributed by atoms with Crippen LogP contribution >= 0.6 is 0 Å². The summed E-state index contributed by atoms with van der Waals surface area (Å²) >= 11 is 0. The number of rotatable bonds is 2. The maximum Gasteiger partial charge on any atom is 0.114 e. The molecule has 0 radical (unpaired) electrons. The summed E-state index contributed by atoms with van der Waals surface area (Å²) in [5.74, 6) is 0. The highest BCUT2D eigenvalue weighted by Gasteiger charge is 2.18. The van der Waals surface area contributed by atoms with Gasteiger partial charge in [-0.25, -0.2) is 0 Å². The molecule has 1 aromatic heterocycles. The van der Waals surface area contributed by atoms with Crippen molar-refractivity contribution in [3.05, 3.63) is 17.5 Å². The lowest BCUT2D eigenvalue weighted by molar-refractivity contribution is 0.0250. The van der Waals surface area contributed by atoms with Gasteiger partial charge in [-0.15, -0.1) is 0 Å². The Morgan fingerprint density at radius 1 is 1.69 bits per heavy atom. The zero-order chi connectivity index (χ0) is 9.10. The number of hydrogen-bond acceptors (Lipinski definition) is 4. The van der Waals surface area contributed by atoms with E-state index in [4.69, 9.17) is 9.84 Å². The molecule has 1 aliphatic heterocycles. The van der Waals surface area contributed by atoms with Crippen LogP contribution in [0.5, 0.6) is 0 Å². The molecule has 13 heavy (non-hydrogen) atoms. The van der Waals surface area contributed by atoms with Gasteiger partial charge in [0.1, 0.15) is 6.10 Å². The molecule has 2 rings (SSSR count). The van der Waals surface area contributed by atoms with E-state index in [1.165, 1.54) is 0 Å². The highest BCUT2D eigenvalue weighted by atomic mass is 16.5. The Hall–Kier alpha value is -0.910. The highest BCUT2D eigenvalue weighted by molar-refractivity contribution is 5.11. The van der Waals surface area contributed by atoms with E-state index in [2.05, 4.69) is 15.5 Å². The molecule has 1 aliphatic rings. The van der Waals surface area contributed by atoms with Crippen molar-refractivity contribution in [2.45, 2.75) is 12.7 Å². The SMILES string of the molecule is OCc1cc(C2CNCCO2)n[nH]1. The van der Waals surface area contributed by atoms with Crippen LogP contribution in [-0.2, 0) is 11.3 Å². The van der Waals surface area contributed by atoms with Crippen molar-refractivity contribution in [3.8, 4) is 0 Å². The van der Waals surface area contributed by atoms with Crippen molar-refractivity contribution < 1.29 is 9.84 Å². The number of nitrogens with zero attached hydrogens (tertiary/aromatic N) is 1. The van der Waals surface area contributed by atoms with E-state index in [1.807, 2.05) is 6.07 Å². The molecule has 5 heteroatoms. The normalized spacial score (nSPS) is 23.3. The smallest absolute Gasteiger partial charge is 0.114 e. The standard InChI is InChI=1S/C8H13N3O2/c12-5-6-3-7(11-10-6)8-4-9-1-2-13-8/h3,8-9,12H,1-2,4-5H2,(H,10,11). The molecule has 2 heterocycles. The molecule has 1 fully saturated rings. The predicted octanol–water partition coefficient (Wildman–Crippen LogP) is -0.437. The van der Waals surface area contributed by atoms with Crippen molar-refractivity contribution in [2.75, 3.05) is 19.7 Å². The van der Waals surface area contributed by atoms with Crippen molar-refractivity contribution in [3.63, 3.8) is 0 Å². The molecule has 0 spiro atoms. The second kappa shape index (κ2) is 3.87. The van der Waals surface area contributed by atoms with Crippen molar-refractivity contribution in [1.29, 1.82) is 0 Å². The molecule has 0 aromatic carbocycles. The van der Waals surface area contributed by atoms with Crippen LogP contribution in [0.15, 0.2) is 6.07 Å². The Labute approximate surface area is 76.1 Å². The van der Waals surface area contributed by atoms with Crippen LogP contribution in [0, 0.1) is 0 Å². The Kier molecular flexibility index (Phi) is 2.58. The Bertz CT molecular complexity index is 268. The third-order valence-corrected chi connectivity index (χ3v) is 2.08. The first kappa shape index (κ1) is 8.68. The zero-order valence-corrected chi connectivity index (χ0v) is 7.29. The topological polar surface area (TPSA) is 70.2 Å². The van der Waals surface area contributed by atoms with E-state index in [1.54, 1.807) is 0 Å². The van der Waals surface area contributed by atoms with Gasteiger partial charge >= 0.3 is 0 Å². The summed E-state index contributed by atoms with van der Waals surface area (Å²) in [5, 5.41) is 18.8. The van der Waals surface area contributed by atoms with Gasteiger partial charge < -0.3 is 15.2 Å². The molecule has 0 amide bonds. The molecule has 3 N–H and O–H groups in total. The lowest BCUT2D eigenvalue weighted by Gasteiger charge is -2.21. The van der Waals surface area contributed by atoms with Crippen LogP contribution in [0.2, 0.25) is 0 Å². The van der Waals surface area contributed by atoms with Gasteiger partial charge in [-0.05, 0) is 6.07 Å². The number of aliphatic hydroxyl groups excluding tert-OH is 1. The molecule has 0 bridgehead atoms. The number of ether oxygens (including phenoxy) is 1. The fourth-order valence-electron chi connectivity index (χ4n) is 1.38. The minimum Gasteiger partial charge on any atom is -0.390 e. The molecule has 1 saturated heterocycles. The monoisotopic (exact) mass is 183 g/mol. The van der Waals surface area contributed by atoms with Crippen LogP contribution in [-0.4, -0.2) is 35.0 Å². The summed E-state index contributed by atoms with van der Waals surface area (Å²) in [4.78, 5) is 0. The van der Waals surface area contributed by atoms with Gasteiger partial charge in [0.05, 0.1) is 24.6 Å². The summed E-state index contributed by atoms with van der Waals surface area (Å²) in [5.41, 5.74) is 1.58. The van der Waals surface area contributed by atoms with E-state index in [0.717, 1.165) is 24.5 Å². The van der Waals surface area contributed by atoms with Crippen LogP contribution < -0.4 is 5.32 Å². The van der Waals surface area contributed by atoms with E-state index in [9.17, 15) is 0 Å². The van der Waals surface area contributed by atoms with Gasteiger partial charge in [0.15, 0.2) is 0 Å². The maximum absolute atomic E-state index is 8.82. The largest absolute Gasteiger partial charge is 0.390 e. The lowest BCUT2D eigenvalue weighted by atomic mass is 10.2. The first-order chi connectivity index (χ1) is 6.40. The van der Waals surface area contributed by atoms with E-state index >= 15 is 0 Å². The molecule has 1 unspecified atom stereocenters. The molecular formula is C8H13N3O2. The second-order valence-corrected chi connectivity index (χ2v) is 3.04. The minimum absolute atomic E-state index is 0.00680. The molecule has 1 atom stereocenters.